The van der Waals surface area contributed by atoms with Crippen molar-refractivity contribution in [2.75, 3.05) is 54.9 Å². The Balaban J connectivity index is 1.26. The smallest absolute Gasteiger partial charge is 0.326 e. The van der Waals surface area contributed by atoms with Crippen LogP contribution in [-0.2, 0) is 16.0 Å². The summed E-state index contributed by atoms with van der Waals surface area (Å²) in [5.41, 5.74) is 11.7. The summed E-state index contributed by atoms with van der Waals surface area (Å²) in [5, 5.41) is 16.1. The van der Waals surface area contributed by atoms with E-state index in [1.807, 2.05) is 68.1 Å². The molecule has 4 amide bonds. The van der Waals surface area contributed by atoms with Gasteiger partial charge in [0.1, 0.15) is 18.1 Å². The molecule has 0 aliphatic carbocycles. The van der Waals surface area contributed by atoms with E-state index in [1.54, 1.807) is 11.1 Å². The monoisotopic (exact) mass is 835 g/mol. The van der Waals surface area contributed by atoms with E-state index in [9.17, 15) is 14.4 Å². The Kier molecular flexibility index (Phi) is 20.2. The van der Waals surface area contributed by atoms with Gasteiger partial charge in [0.15, 0.2) is 11.6 Å². The van der Waals surface area contributed by atoms with Crippen LogP contribution in [-0.4, -0.2) is 110 Å². The standard InChI is InChI=1S/C42H65N11O3S2/c1-5-7-9-16-32-30(3)46-26-31(32)20-21-45-39-38-40(48-28-47-39)50-33(41(55)51-38)17-12-15-24-52(23-13-8-14-25-53(22-6-2)42(56)49-29-57)36(54)19-11-10-18-35-37(43)34(44-4)27-58-35/h5-7,9,16,22,26,28-29,33-35,37,44,46H,8,10-15,17-21,23-25,27,43H2,1-4H3,(H,51,55)(H,49,56,57)(H2,45,47,48,50)/b7-5-,16-9-,22-6-. The lowest BCUT2D eigenvalue weighted by molar-refractivity contribution is -0.131. The average molecular weight is 836 g/mol. The van der Waals surface area contributed by atoms with E-state index < -0.39 is 6.04 Å². The van der Waals surface area contributed by atoms with E-state index in [2.05, 4.69) is 54.5 Å². The molecule has 2 aromatic rings. The number of aromatic amines is 1. The third-order valence-corrected chi connectivity index (χ3v) is 12.3. The normalized spacial score (nSPS) is 19.0. The lowest BCUT2D eigenvalue weighted by Gasteiger charge is -2.27. The van der Waals surface area contributed by atoms with E-state index in [-0.39, 0.29) is 23.9 Å². The summed E-state index contributed by atoms with van der Waals surface area (Å²) in [4.78, 5) is 54.9. The number of hydrogen-bond acceptors (Lipinski definition) is 11. The number of nitrogens with one attached hydrogen (secondary N) is 6. The van der Waals surface area contributed by atoms with E-state index >= 15 is 0 Å². The minimum absolute atomic E-state index is 0.122. The number of H-pyrrole nitrogens is 1. The van der Waals surface area contributed by atoms with Crippen LogP contribution in [0.3, 0.4) is 0 Å². The summed E-state index contributed by atoms with van der Waals surface area (Å²) in [6.07, 6.45) is 24.0. The zero-order valence-corrected chi connectivity index (χ0v) is 36.4. The first-order valence-electron chi connectivity index (χ1n) is 20.8. The highest BCUT2D eigenvalue weighted by atomic mass is 32.2. The van der Waals surface area contributed by atoms with Gasteiger partial charge < -0.3 is 47.1 Å². The maximum Gasteiger partial charge on any atom is 0.326 e. The fourth-order valence-electron chi connectivity index (χ4n) is 7.37. The van der Waals surface area contributed by atoms with Crippen molar-refractivity contribution in [1.82, 2.24) is 35.4 Å². The number of nitrogens with two attached hydrogens (primary N) is 1. The molecule has 4 heterocycles. The number of hydrogen-bond donors (Lipinski definition) is 7. The third kappa shape index (κ3) is 14.2. The zero-order chi connectivity index (χ0) is 41.7. The molecule has 2 aromatic heterocycles. The Hall–Kier alpha value is -4.25. The first-order chi connectivity index (χ1) is 28.2. The number of amides is 4. The van der Waals surface area contributed by atoms with Gasteiger partial charge in [-0.25, -0.2) is 14.8 Å². The van der Waals surface area contributed by atoms with Crippen LogP contribution in [0.15, 0.2) is 43.0 Å². The molecule has 16 heteroatoms. The quantitative estimate of drug-likeness (QED) is 0.0336. The molecule has 0 bridgehead atoms. The molecule has 58 heavy (non-hydrogen) atoms. The fraction of sp³-hybridized carbons (Fsp3) is 0.571. The minimum atomic E-state index is -0.438. The van der Waals surface area contributed by atoms with Crippen molar-refractivity contribution in [1.29, 1.82) is 0 Å². The highest BCUT2D eigenvalue weighted by Gasteiger charge is 2.32. The van der Waals surface area contributed by atoms with Crippen molar-refractivity contribution in [3.63, 3.8) is 0 Å². The predicted octanol–water partition coefficient (Wildman–Crippen LogP) is 6.35. The van der Waals surface area contributed by atoms with Gasteiger partial charge in [0, 0.05) is 73.8 Å². The fourth-order valence-corrected chi connectivity index (χ4v) is 9.06. The molecule has 2 aliphatic heterocycles. The highest BCUT2D eigenvalue weighted by molar-refractivity contribution is 8.00. The van der Waals surface area contributed by atoms with Crippen LogP contribution in [0.2, 0.25) is 0 Å². The van der Waals surface area contributed by atoms with Gasteiger partial charge in [-0.3, -0.25) is 9.59 Å². The molecular formula is C42H65N11O3S2. The molecule has 4 rings (SSSR count). The first-order valence-corrected chi connectivity index (χ1v) is 22.3. The number of likely N-dealkylation sites (N-methyl/N-ethyl adjacent to an activating group) is 1. The van der Waals surface area contributed by atoms with E-state index in [0.717, 1.165) is 69.2 Å². The van der Waals surface area contributed by atoms with E-state index in [0.29, 0.717) is 67.6 Å². The Labute approximate surface area is 354 Å². The molecule has 1 saturated heterocycles. The van der Waals surface area contributed by atoms with Crippen molar-refractivity contribution >= 4 is 70.7 Å². The number of carbonyl (C=O) groups is 3. The second kappa shape index (κ2) is 25.3. The van der Waals surface area contributed by atoms with Gasteiger partial charge in [-0.2, -0.15) is 11.8 Å². The number of fused-ring (bicyclic) bond motifs is 1. The van der Waals surface area contributed by atoms with Crippen LogP contribution in [0.1, 0.15) is 94.9 Å². The van der Waals surface area contributed by atoms with Crippen LogP contribution >= 0.6 is 24.0 Å². The van der Waals surface area contributed by atoms with Crippen LogP contribution in [0.25, 0.3) is 6.08 Å². The average Bonchev–Trinajstić information content (AvgIpc) is 3.76. The third-order valence-electron chi connectivity index (χ3n) is 10.7. The number of thiocarbonyl (C=S) groups is 1. The Bertz CT molecular complexity index is 1710. The number of aryl methyl sites for hydroxylation is 1. The molecule has 0 saturated carbocycles. The zero-order valence-electron chi connectivity index (χ0n) is 34.7. The summed E-state index contributed by atoms with van der Waals surface area (Å²) >= 11 is 6.71. The summed E-state index contributed by atoms with van der Waals surface area (Å²) in [6, 6.07) is -0.203. The van der Waals surface area contributed by atoms with Gasteiger partial charge in [0.05, 0.1) is 5.49 Å². The maximum atomic E-state index is 13.6. The minimum Gasteiger partial charge on any atom is -0.368 e. The molecule has 0 spiro atoms. The van der Waals surface area contributed by atoms with Crippen molar-refractivity contribution in [2.45, 2.75) is 115 Å². The number of allylic oxidation sites excluding steroid dienone is 4. The summed E-state index contributed by atoms with van der Waals surface area (Å²) in [7, 11) is 1.97. The van der Waals surface area contributed by atoms with Crippen LogP contribution in [0, 0.1) is 6.92 Å². The van der Waals surface area contributed by atoms with Gasteiger partial charge in [-0.15, -0.1) is 0 Å². The number of urea groups is 1. The van der Waals surface area contributed by atoms with Crippen LogP contribution < -0.4 is 32.3 Å². The molecule has 2 aliphatic rings. The number of carbonyl (C=O) groups excluding carboxylic acids is 3. The largest absolute Gasteiger partial charge is 0.368 e. The van der Waals surface area contributed by atoms with Gasteiger partial charge >= 0.3 is 6.03 Å². The number of nitrogens with zero attached hydrogens (tertiary/aromatic N) is 4. The second-order valence-electron chi connectivity index (χ2n) is 14.8. The van der Waals surface area contributed by atoms with Crippen molar-refractivity contribution in [3.8, 4) is 0 Å². The molecule has 4 atom stereocenters. The lowest BCUT2D eigenvalue weighted by Crippen LogP contribution is -2.45. The van der Waals surface area contributed by atoms with Gasteiger partial charge in [-0.1, -0.05) is 49.0 Å². The van der Waals surface area contributed by atoms with Crippen molar-refractivity contribution in [2.24, 2.45) is 5.73 Å². The molecule has 4 unspecified atom stereocenters. The summed E-state index contributed by atoms with van der Waals surface area (Å²) in [6.45, 7) is 8.40. The van der Waals surface area contributed by atoms with Gasteiger partial charge in [0.2, 0.25) is 11.8 Å². The first kappa shape index (κ1) is 46.4. The SMILES string of the molecule is C/C=C\C=C/c1c(CCNc2ncnc3c2NC(=O)C(CCCCN(CCCCCN(/C=C\C)C(=O)NC=S)C(=O)CCCCC2SCC(NC)C2N)N3)c[nH]c1C. The molecule has 8 N–H and O–H groups in total. The Morgan fingerprint density at radius 3 is 2.55 bits per heavy atom. The number of aromatic nitrogens is 3. The van der Waals surface area contributed by atoms with E-state index in [4.69, 9.17) is 18.0 Å². The number of anilines is 3. The predicted molar refractivity (Wildman–Crippen MR) is 243 cm³/mol. The molecule has 1 fully saturated rings. The summed E-state index contributed by atoms with van der Waals surface area (Å²) < 4.78 is 0. The van der Waals surface area contributed by atoms with Crippen LogP contribution in [0.5, 0.6) is 0 Å². The number of thioether (sulfide) groups is 1. The topological polar surface area (TPSA) is 185 Å². The van der Waals surface area contributed by atoms with E-state index in [1.165, 1.54) is 22.9 Å². The number of rotatable bonds is 25. The van der Waals surface area contributed by atoms with Gasteiger partial charge in [0.25, 0.3) is 0 Å². The number of unbranched alkanes of at least 4 members (excludes halogenated alkanes) is 4. The Morgan fingerprint density at radius 2 is 1.81 bits per heavy atom. The summed E-state index contributed by atoms with van der Waals surface area (Å²) in [5.74, 6) is 2.25. The molecule has 0 radical (unpaired) electrons. The second-order valence-corrected chi connectivity index (χ2v) is 16.3. The van der Waals surface area contributed by atoms with Gasteiger partial charge in [-0.05, 0) is 96.7 Å². The maximum absolute atomic E-state index is 13.6. The molecule has 14 nitrogen and oxygen atoms in total. The van der Waals surface area contributed by atoms with Crippen LogP contribution in [0.4, 0.5) is 22.1 Å². The Morgan fingerprint density at radius 1 is 1.03 bits per heavy atom. The highest BCUT2D eigenvalue weighted by Crippen LogP contribution is 2.32. The lowest BCUT2D eigenvalue weighted by atomic mass is 10.0. The van der Waals surface area contributed by atoms with Crippen molar-refractivity contribution < 1.29 is 14.4 Å². The molecular weight excluding hydrogens is 771 g/mol. The molecule has 0 aromatic carbocycles. The van der Waals surface area contributed by atoms with Crippen molar-refractivity contribution in [3.05, 3.63) is 59.8 Å². The molecule has 318 valence electrons.